The summed E-state index contributed by atoms with van der Waals surface area (Å²) in [4.78, 5) is 22.9. The van der Waals surface area contributed by atoms with E-state index in [4.69, 9.17) is 4.74 Å². The molecule has 0 aromatic heterocycles. The topological polar surface area (TPSA) is 69.4 Å². The summed E-state index contributed by atoms with van der Waals surface area (Å²) in [5.74, 6) is -0.0626. The number of ether oxygens (including phenoxy) is 1. The summed E-state index contributed by atoms with van der Waals surface area (Å²) >= 11 is 0. The Bertz CT molecular complexity index is 655. The van der Waals surface area contributed by atoms with Crippen molar-refractivity contribution in [2.75, 3.05) is 13.7 Å². The molecule has 1 atom stereocenters. The van der Waals surface area contributed by atoms with Gasteiger partial charge in [-0.15, -0.1) is 0 Å². The standard InChI is InChI=1S/C17H17NO4/c1-22-17-10-6-5-9-15(17)14(12-18(20)21)11-16(19)13-7-3-2-4-8-13/h2-10,14H,11-12H2,1H3/t14-/m0/s1. The Morgan fingerprint density at radius 2 is 1.77 bits per heavy atom. The van der Waals surface area contributed by atoms with Crippen LogP contribution in [0.4, 0.5) is 0 Å². The quantitative estimate of drug-likeness (QED) is 0.447. The van der Waals surface area contributed by atoms with Gasteiger partial charge in [0.25, 0.3) is 0 Å². The number of nitrogens with zero attached hydrogens (tertiary/aromatic N) is 1. The average Bonchev–Trinajstić information content (AvgIpc) is 2.54. The van der Waals surface area contributed by atoms with E-state index in [0.29, 0.717) is 16.9 Å². The Morgan fingerprint density at radius 3 is 2.41 bits per heavy atom. The highest BCUT2D eigenvalue weighted by Crippen LogP contribution is 2.30. The Balaban J connectivity index is 2.27. The minimum absolute atomic E-state index is 0.0748. The number of methoxy groups -OCH3 is 1. The van der Waals surface area contributed by atoms with Crippen LogP contribution in [0, 0.1) is 10.1 Å². The molecule has 114 valence electrons. The van der Waals surface area contributed by atoms with Crippen LogP contribution >= 0.6 is 0 Å². The van der Waals surface area contributed by atoms with E-state index in [-0.39, 0.29) is 18.7 Å². The van der Waals surface area contributed by atoms with Gasteiger partial charge in [0, 0.05) is 22.5 Å². The fourth-order valence-corrected chi connectivity index (χ4v) is 2.42. The van der Waals surface area contributed by atoms with Crippen molar-refractivity contribution in [2.24, 2.45) is 0 Å². The molecule has 0 saturated heterocycles. The second kappa shape index (κ2) is 7.36. The van der Waals surface area contributed by atoms with Crippen molar-refractivity contribution >= 4 is 5.78 Å². The number of hydrogen-bond donors (Lipinski definition) is 0. The molecular weight excluding hydrogens is 282 g/mol. The van der Waals surface area contributed by atoms with E-state index in [1.807, 2.05) is 6.07 Å². The van der Waals surface area contributed by atoms with Crippen molar-refractivity contribution in [1.29, 1.82) is 0 Å². The predicted octanol–water partition coefficient (Wildman–Crippen LogP) is 3.33. The van der Waals surface area contributed by atoms with E-state index in [1.54, 1.807) is 48.5 Å². The van der Waals surface area contributed by atoms with Gasteiger partial charge < -0.3 is 4.74 Å². The minimum atomic E-state index is -0.515. The number of Topliss-reactive ketones (excluding diaryl/α,β-unsaturated/α-hetero) is 1. The van der Waals surface area contributed by atoms with Crippen LogP contribution < -0.4 is 4.74 Å². The zero-order valence-corrected chi connectivity index (χ0v) is 12.3. The second-order valence-electron chi connectivity index (χ2n) is 4.95. The van der Waals surface area contributed by atoms with Crippen LogP contribution in [0.1, 0.15) is 28.3 Å². The van der Waals surface area contributed by atoms with Crippen molar-refractivity contribution in [3.63, 3.8) is 0 Å². The van der Waals surface area contributed by atoms with Gasteiger partial charge in [0.15, 0.2) is 5.78 Å². The Labute approximate surface area is 128 Å². The Morgan fingerprint density at radius 1 is 1.14 bits per heavy atom. The maximum Gasteiger partial charge on any atom is 0.211 e. The molecule has 0 aliphatic rings. The second-order valence-corrected chi connectivity index (χ2v) is 4.95. The SMILES string of the molecule is COc1ccccc1[C@@H](CC(=O)c1ccccc1)C[N+](=O)[O-]. The summed E-state index contributed by atoms with van der Waals surface area (Å²) in [5, 5.41) is 11.0. The molecule has 0 bridgehead atoms. The molecule has 5 nitrogen and oxygen atoms in total. The van der Waals surface area contributed by atoms with Crippen molar-refractivity contribution in [3.05, 3.63) is 75.8 Å². The smallest absolute Gasteiger partial charge is 0.211 e. The summed E-state index contributed by atoms with van der Waals surface area (Å²) in [6.45, 7) is -0.307. The molecule has 0 fully saturated rings. The van der Waals surface area contributed by atoms with Crippen LogP contribution in [-0.2, 0) is 0 Å². The fraction of sp³-hybridized carbons (Fsp3) is 0.235. The molecule has 2 rings (SSSR count). The van der Waals surface area contributed by atoms with Gasteiger partial charge in [0.1, 0.15) is 5.75 Å². The van der Waals surface area contributed by atoms with Crippen LogP contribution in [0.3, 0.4) is 0 Å². The molecule has 0 heterocycles. The first kappa shape index (κ1) is 15.7. The van der Waals surface area contributed by atoms with Crippen LogP contribution in [0.15, 0.2) is 54.6 Å². The van der Waals surface area contributed by atoms with E-state index in [2.05, 4.69) is 0 Å². The number of hydrogen-bond acceptors (Lipinski definition) is 4. The molecule has 0 radical (unpaired) electrons. The molecule has 0 saturated carbocycles. The summed E-state index contributed by atoms with van der Waals surface area (Å²) in [6, 6.07) is 15.9. The predicted molar refractivity (Wildman–Crippen MR) is 83.0 cm³/mol. The van der Waals surface area contributed by atoms with Gasteiger partial charge in [-0.1, -0.05) is 48.5 Å². The van der Waals surface area contributed by atoms with Crippen molar-refractivity contribution in [1.82, 2.24) is 0 Å². The number of benzene rings is 2. The summed E-state index contributed by atoms with van der Waals surface area (Å²) < 4.78 is 5.26. The molecule has 5 heteroatoms. The summed E-state index contributed by atoms with van der Waals surface area (Å²) in [6.07, 6.45) is 0.0748. The highest BCUT2D eigenvalue weighted by molar-refractivity contribution is 5.96. The number of para-hydroxylation sites is 1. The first-order chi connectivity index (χ1) is 10.6. The average molecular weight is 299 g/mol. The number of nitro groups is 1. The van der Waals surface area contributed by atoms with E-state index in [0.717, 1.165) is 0 Å². The summed E-state index contributed by atoms with van der Waals surface area (Å²) in [7, 11) is 1.51. The molecular formula is C17H17NO4. The normalized spacial score (nSPS) is 11.7. The van der Waals surface area contributed by atoms with Gasteiger partial charge in [-0.2, -0.15) is 0 Å². The van der Waals surface area contributed by atoms with Gasteiger partial charge in [-0.3, -0.25) is 14.9 Å². The molecule has 0 spiro atoms. The highest BCUT2D eigenvalue weighted by atomic mass is 16.6. The fourth-order valence-electron chi connectivity index (χ4n) is 2.42. The zero-order valence-electron chi connectivity index (χ0n) is 12.3. The first-order valence-electron chi connectivity index (χ1n) is 6.94. The number of ketones is 1. The minimum Gasteiger partial charge on any atom is -0.496 e. The molecule has 0 amide bonds. The van der Waals surface area contributed by atoms with Crippen molar-refractivity contribution < 1.29 is 14.5 Å². The van der Waals surface area contributed by atoms with E-state index >= 15 is 0 Å². The molecule has 0 aliphatic heterocycles. The lowest BCUT2D eigenvalue weighted by molar-refractivity contribution is -0.483. The lowest BCUT2D eigenvalue weighted by Gasteiger charge is -2.16. The van der Waals surface area contributed by atoms with Crippen LogP contribution in [0.5, 0.6) is 5.75 Å². The maximum absolute atomic E-state index is 12.3. The molecule has 2 aromatic rings. The van der Waals surface area contributed by atoms with E-state index in [1.165, 1.54) is 7.11 Å². The lowest BCUT2D eigenvalue weighted by atomic mass is 9.91. The third kappa shape index (κ3) is 3.91. The third-order valence-corrected chi connectivity index (χ3v) is 3.48. The van der Waals surface area contributed by atoms with Gasteiger partial charge in [0.2, 0.25) is 6.54 Å². The van der Waals surface area contributed by atoms with E-state index < -0.39 is 10.8 Å². The monoisotopic (exact) mass is 299 g/mol. The van der Waals surface area contributed by atoms with Gasteiger partial charge in [0.05, 0.1) is 13.0 Å². The summed E-state index contributed by atoms with van der Waals surface area (Å²) in [5.41, 5.74) is 1.25. The zero-order chi connectivity index (χ0) is 15.9. The molecule has 0 aliphatic carbocycles. The van der Waals surface area contributed by atoms with E-state index in [9.17, 15) is 14.9 Å². The maximum atomic E-state index is 12.3. The number of carbonyl (C=O) groups is 1. The lowest BCUT2D eigenvalue weighted by Crippen LogP contribution is -2.17. The van der Waals surface area contributed by atoms with Crippen LogP contribution in [-0.4, -0.2) is 24.4 Å². The molecule has 0 unspecified atom stereocenters. The van der Waals surface area contributed by atoms with Crippen molar-refractivity contribution in [3.8, 4) is 5.75 Å². The Hall–Kier alpha value is -2.69. The number of carbonyl (C=O) groups excluding carboxylic acids is 1. The molecule has 0 N–H and O–H groups in total. The largest absolute Gasteiger partial charge is 0.496 e. The highest BCUT2D eigenvalue weighted by Gasteiger charge is 2.24. The van der Waals surface area contributed by atoms with Gasteiger partial charge >= 0.3 is 0 Å². The first-order valence-corrected chi connectivity index (χ1v) is 6.94. The molecule has 22 heavy (non-hydrogen) atoms. The van der Waals surface area contributed by atoms with Gasteiger partial charge in [-0.05, 0) is 6.07 Å². The van der Waals surface area contributed by atoms with Crippen LogP contribution in [0.2, 0.25) is 0 Å². The molecule has 2 aromatic carbocycles. The van der Waals surface area contributed by atoms with Crippen molar-refractivity contribution in [2.45, 2.75) is 12.3 Å². The van der Waals surface area contributed by atoms with Gasteiger partial charge in [-0.25, -0.2) is 0 Å². The number of rotatable bonds is 7. The third-order valence-electron chi connectivity index (χ3n) is 3.48. The van der Waals surface area contributed by atoms with Crippen LogP contribution in [0.25, 0.3) is 0 Å². The Kier molecular flexibility index (Phi) is 5.25.